The zero-order valence-corrected chi connectivity index (χ0v) is 10.8. The summed E-state index contributed by atoms with van der Waals surface area (Å²) in [5.74, 6) is -0.970. The molecule has 0 saturated carbocycles. The van der Waals surface area contributed by atoms with Crippen LogP contribution in [0, 0.1) is 16.7 Å². The molecule has 0 amide bonds. The van der Waals surface area contributed by atoms with Gasteiger partial charge in [-0.3, -0.25) is 9.59 Å². The van der Waals surface area contributed by atoms with E-state index in [1.54, 1.807) is 0 Å². The van der Waals surface area contributed by atoms with Crippen molar-refractivity contribution in [1.29, 1.82) is 0 Å². The van der Waals surface area contributed by atoms with Gasteiger partial charge in [-0.1, -0.05) is 38.8 Å². The largest absolute Gasteiger partial charge is 0.392 e. The van der Waals surface area contributed by atoms with Gasteiger partial charge >= 0.3 is 11.9 Å². The molecule has 3 heteroatoms. The van der Waals surface area contributed by atoms with Crippen molar-refractivity contribution in [3.05, 3.63) is 12.2 Å². The van der Waals surface area contributed by atoms with Gasteiger partial charge in [0.1, 0.15) is 0 Å². The van der Waals surface area contributed by atoms with Crippen LogP contribution in [0.3, 0.4) is 0 Å². The summed E-state index contributed by atoms with van der Waals surface area (Å²) in [4.78, 5) is 23.8. The molecule has 0 aromatic rings. The maximum Gasteiger partial charge on any atom is 0.321 e. The fourth-order valence-electron chi connectivity index (χ4n) is 3.13. The van der Waals surface area contributed by atoms with Gasteiger partial charge in [0.15, 0.2) is 0 Å². The molecule has 3 atom stereocenters. The number of allylic oxidation sites excluding steroid dienone is 2. The molecule has 1 fully saturated rings. The van der Waals surface area contributed by atoms with Crippen molar-refractivity contribution in [2.75, 3.05) is 0 Å². The van der Waals surface area contributed by atoms with Crippen molar-refractivity contribution < 1.29 is 14.3 Å². The van der Waals surface area contributed by atoms with E-state index in [1.165, 1.54) is 0 Å². The maximum atomic E-state index is 12.0. The Hall–Kier alpha value is -1.12. The highest BCUT2D eigenvalue weighted by Crippen LogP contribution is 2.56. The fourth-order valence-corrected chi connectivity index (χ4v) is 3.13. The normalized spacial score (nSPS) is 40.3. The van der Waals surface area contributed by atoms with Crippen molar-refractivity contribution in [3.8, 4) is 0 Å². The van der Waals surface area contributed by atoms with Crippen LogP contribution in [0.1, 0.15) is 46.5 Å². The standard InChI is InChI=1S/C14H20O3/c1-4-5-8-13(2)9-6-7-10-11(15)17-12(16)14(10,13)3/h6,9-10H,4-5,7-8H2,1-3H3. The Morgan fingerprint density at radius 2 is 2.12 bits per heavy atom. The molecule has 3 unspecified atom stereocenters. The molecular weight excluding hydrogens is 216 g/mol. The molecule has 0 aromatic carbocycles. The molecule has 0 spiro atoms. The highest BCUT2D eigenvalue weighted by Gasteiger charge is 2.63. The van der Waals surface area contributed by atoms with E-state index in [0.717, 1.165) is 19.3 Å². The van der Waals surface area contributed by atoms with E-state index >= 15 is 0 Å². The first-order valence-corrected chi connectivity index (χ1v) is 6.39. The number of rotatable bonds is 3. The Morgan fingerprint density at radius 1 is 1.41 bits per heavy atom. The lowest BCUT2D eigenvalue weighted by molar-refractivity contribution is -0.157. The number of carbonyl (C=O) groups excluding carboxylic acids is 2. The van der Waals surface area contributed by atoms with Gasteiger partial charge in [-0.05, 0) is 19.8 Å². The van der Waals surface area contributed by atoms with E-state index in [4.69, 9.17) is 4.74 Å². The third-order valence-corrected chi connectivity index (χ3v) is 4.69. The van der Waals surface area contributed by atoms with Crippen molar-refractivity contribution in [2.45, 2.75) is 46.5 Å². The highest BCUT2D eigenvalue weighted by molar-refractivity contribution is 6.00. The van der Waals surface area contributed by atoms with Crippen molar-refractivity contribution in [3.63, 3.8) is 0 Å². The van der Waals surface area contributed by atoms with E-state index in [2.05, 4.69) is 19.9 Å². The van der Waals surface area contributed by atoms with E-state index < -0.39 is 5.41 Å². The van der Waals surface area contributed by atoms with Gasteiger partial charge in [-0.25, -0.2) is 0 Å². The van der Waals surface area contributed by atoms with Gasteiger partial charge in [0.05, 0.1) is 11.3 Å². The van der Waals surface area contributed by atoms with Crippen molar-refractivity contribution in [1.82, 2.24) is 0 Å². The highest BCUT2D eigenvalue weighted by atomic mass is 16.6. The minimum Gasteiger partial charge on any atom is -0.392 e. The molecule has 1 saturated heterocycles. The summed E-state index contributed by atoms with van der Waals surface area (Å²) in [6, 6.07) is 0. The second-order valence-electron chi connectivity index (χ2n) is 5.62. The van der Waals surface area contributed by atoms with Crippen LogP contribution in [0.4, 0.5) is 0 Å². The predicted molar refractivity (Wildman–Crippen MR) is 64.1 cm³/mol. The number of cyclic esters (lactones) is 2. The summed E-state index contributed by atoms with van der Waals surface area (Å²) in [5, 5.41) is 0. The molecule has 1 aliphatic carbocycles. The van der Waals surface area contributed by atoms with Gasteiger partial charge in [-0.15, -0.1) is 0 Å². The number of fused-ring (bicyclic) bond motifs is 1. The van der Waals surface area contributed by atoms with Gasteiger partial charge in [-0.2, -0.15) is 0 Å². The SMILES string of the molecule is CCCCC1(C)C=CCC2C(=O)OC(=O)C21C. The summed E-state index contributed by atoms with van der Waals surface area (Å²) in [6.07, 6.45) is 7.84. The smallest absolute Gasteiger partial charge is 0.321 e. The lowest BCUT2D eigenvalue weighted by atomic mass is 9.55. The zero-order chi connectivity index (χ0) is 12.7. The Kier molecular flexibility index (Phi) is 2.88. The average Bonchev–Trinajstić information content (AvgIpc) is 2.51. The third-order valence-electron chi connectivity index (χ3n) is 4.69. The van der Waals surface area contributed by atoms with Gasteiger partial charge in [0, 0.05) is 5.41 Å². The molecule has 0 N–H and O–H groups in total. The minimum absolute atomic E-state index is 0.255. The number of esters is 2. The van der Waals surface area contributed by atoms with Crippen LogP contribution in [0.15, 0.2) is 12.2 Å². The van der Waals surface area contributed by atoms with Crippen LogP contribution in [-0.4, -0.2) is 11.9 Å². The molecule has 17 heavy (non-hydrogen) atoms. The number of carbonyl (C=O) groups is 2. The van der Waals surface area contributed by atoms with Crippen LogP contribution in [0.5, 0.6) is 0 Å². The van der Waals surface area contributed by atoms with Gasteiger partial charge in [0.25, 0.3) is 0 Å². The van der Waals surface area contributed by atoms with Crippen molar-refractivity contribution in [2.24, 2.45) is 16.7 Å². The molecule has 1 aliphatic heterocycles. The lowest BCUT2D eigenvalue weighted by Crippen LogP contribution is -2.46. The molecular formula is C14H20O3. The molecule has 2 aliphatic rings. The summed E-state index contributed by atoms with van der Waals surface area (Å²) in [7, 11) is 0. The maximum absolute atomic E-state index is 12.0. The second-order valence-corrected chi connectivity index (χ2v) is 5.62. The summed E-state index contributed by atoms with van der Waals surface area (Å²) < 4.78 is 4.87. The van der Waals surface area contributed by atoms with E-state index in [0.29, 0.717) is 6.42 Å². The second kappa shape index (κ2) is 3.97. The molecule has 0 aromatic heterocycles. The monoisotopic (exact) mass is 236 g/mol. The van der Waals surface area contributed by atoms with Gasteiger partial charge in [0.2, 0.25) is 0 Å². The fraction of sp³-hybridized carbons (Fsp3) is 0.714. The molecule has 94 valence electrons. The molecule has 0 radical (unpaired) electrons. The zero-order valence-electron chi connectivity index (χ0n) is 10.8. The quantitative estimate of drug-likeness (QED) is 0.430. The Bertz CT molecular complexity index is 385. The van der Waals surface area contributed by atoms with Crippen molar-refractivity contribution >= 4 is 11.9 Å². The van der Waals surface area contributed by atoms with E-state index in [1.807, 2.05) is 13.0 Å². The van der Waals surface area contributed by atoms with Gasteiger partial charge < -0.3 is 4.74 Å². The first-order valence-electron chi connectivity index (χ1n) is 6.39. The van der Waals surface area contributed by atoms with Crippen LogP contribution in [0.2, 0.25) is 0 Å². The predicted octanol–water partition coefficient (Wildman–Crippen LogP) is 2.85. The molecule has 1 heterocycles. The van der Waals surface area contributed by atoms with Crippen LogP contribution >= 0.6 is 0 Å². The van der Waals surface area contributed by atoms with Crippen LogP contribution in [-0.2, 0) is 14.3 Å². The number of ether oxygens (including phenoxy) is 1. The first-order chi connectivity index (χ1) is 7.95. The molecule has 3 nitrogen and oxygen atoms in total. The molecule has 2 rings (SSSR count). The first kappa shape index (κ1) is 12.3. The minimum atomic E-state index is -0.673. The summed E-state index contributed by atoms with van der Waals surface area (Å²) >= 11 is 0. The Morgan fingerprint density at radius 3 is 2.76 bits per heavy atom. The molecule has 0 bridgehead atoms. The topological polar surface area (TPSA) is 43.4 Å². The Balaban J connectivity index is 2.39. The summed E-state index contributed by atoms with van der Waals surface area (Å²) in [5.41, 5.74) is -0.927. The van der Waals surface area contributed by atoms with E-state index in [-0.39, 0.29) is 23.3 Å². The third kappa shape index (κ3) is 1.55. The van der Waals surface area contributed by atoms with Crippen LogP contribution < -0.4 is 0 Å². The van der Waals surface area contributed by atoms with Crippen LogP contribution in [0.25, 0.3) is 0 Å². The number of hydrogen-bond donors (Lipinski definition) is 0. The Labute approximate surface area is 102 Å². The van der Waals surface area contributed by atoms with E-state index in [9.17, 15) is 9.59 Å². The summed E-state index contributed by atoms with van der Waals surface area (Å²) in [6.45, 7) is 6.10. The number of hydrogen-bond acceptors (Lipinski definition) is 3. The number of unbranched alkanes of at least 4 members (excludes halogenated alkanes) is 1. The average molecular weight is 236 g/mol. The lowest BCUT2D eigenvalue weighted by Gasteiger charge is -2.44.